The van der Waals surface area contributed by atoms with Gasteiger partial charge in [-0.05, 0) is 54.3 Å². The van der Waals surface area contributed by atoms with E-state index in [2.05, 4.69) is 10.6 Å². The number of carbonyl (C=O) groups excluding carboxylic acids is 1. The molecule has 1 heterocycles. The van der Waals surface area contributed by atoms with E-state index in [1.165, 1.54) is 0 Å². The van der Waals surface area contributed by atoms with E-state index in [0.717, 1.165) is 33.9 Å². The van der Waals surface area contributed by atoms with Crippen molar-refractivity contribution in [3.05, 3.63) is 83.1 Å². The summed E-state index contributed by atoms with van der Waals surface area (Å²) in [5.41, 5.74) is 5.37. The van der Waals surface area contributed by atoms with Gasteiger partial charge in [0, 0.05) is 23.3 Å². The van der Waals surface area contributed by atoms with E-state index in [1.54, 1.807) is 28.4 Å². The lowest BCUT2D eigenvalue weighted by Crippen LogP contribution is -2.27. The van der Waals surface area contributed by atoms with Crippen molar-refractivity contribution < 1.29 is 23.7 Å². The first kappa shape index (κ1) is 23.6. The smallest absolute Gasteiger partial charge is 0.203 e. The molecule has 5 rings (SSSR count). The summed E-state index contributed by atoms with van der Waals surface area (Å²) in [5, 5.41) is 7.18. The van der Waals surface area contributed by atoms with Crippen LogP contribution in [0.25, 0.3) is 0 Å². The zero-order chi connectivity index (χ0) is 25.2. The van der Waals surface area contributed by atoms with E-state index in [-0.39, 0.29) is 11.7 Å². The highest BCUT2D eigenvalue weighted by Gasteiger charge is 2.38. The van der Waals surface area contributed by atoms with Crippen molar-refractivity contribution in [2.75, 3.05) is 39.1 Å². The molecule has 3 aromatic rings. The predicted octanol–water partition coefficient (Wildman–Crippen LogP) is 5.70. The standard InChI is InChI=1S/C29H30N2O5/c1-33-19-11-9-17(10-12-19)18-15-23-26(24(32)16-18)27(31-22-8-6-5-7-21(22)30-23)20-13-14-25(34-2)29(36-4)28(20)35-3/h5-14,18,27,30-31H,15-16H2,1-4H3/t18-,27+/m1/s1. The van der Waals surface area contributed by atoms with Crippen molar-refractivity contribution in [2.24, 2.45) is 0 Å². The predicted molar refractivity (Wildman–Crippen MR) is 140 cm³/mol. The molecule has 186 valence electrons. The van der Waals surface area contributed by atoms with E-state index >= 15 is 0 Å². The Morgan fingerprint density at radius 1 is 0.750 bits per heavy atom. The Morgan fingerprint density at radius 3 is 2.14 bits per heavy atom. The second-order valence-corrected chi connectivity index (χ2v) is 8.87. The molecule has 0 spiro atoms. The maximum Gasteiger partial charge on any atom is 0.203 e. The molecule has 0 unspecified atom stereocenters. The number of fused-ring (bicyclic) bond motifs is 1. The van der Waals surface area contributed by atoms with Gasteiger partial charge in [-0.15, -0.1) is 0 Å². The van der Waals surface area contributed by atoms with Gasteiger partial charge in [0.1, 0.15) is 5.75 Å². The molecule has 0 aromatic heterocycles. The number of ether oxygens (including phenoxy) is 4. The number of hydrogen-bond acceptors (Lipinski definition) is 7. The van der Waals surface area contributed by atoms with Gasteiger partial charge in [-0.3, -0.25) is 4.79 Å². The minimum atomic E-state index is -0.435. The maximum atomic E-state index is 13.8. The van der Waals surface area contributed by atoms with Crippen LogP contribution in [0.2, 0.25) is 0 Å². The third-order valence-electron chi connectivity index (χ3n) is 6.94. The Balaban J connectivity index is 1.64. The van der Waals surface area contributed by atoms with Gasteiger partial charge >= 0.3 is 0 Å². The fourth-order valence-electron chi connectivity index (χ4n) is 5.19. The number of para-hydroxylation sites is 2. The van der Waals surface area contributed by atoms with Crippen LogP contribution in [0.1, 0.15) is 35.9 Å². The molecule has 7 heteroatoms. The summed E-state index contributed by atoms with van der Waals surface area (Å²) in [6, 6.07) is 19.3. The van der Waals surface area contributed by atoms with Gasteiger partial charge < -0.3 is 29.6 Å². The van der Waals surface area contributed by atoms with Crippen LogP contribution in [0.3, 0.4) is 0 Å². The molecular weight excluding hydrogens is 456 g/mol. The molecule has 0 radical (unpaired) electrons. The average molecular weight is 487 g/mol. The van der Waals surface area contributed by atoms with Crippen LogP contribution in [0.5, 0.6) is 23.0 Å². The average Bonchev–Trinajstić information content (AvgIpc) is 3.09. The highest BCUT2D eigenvalue weighted by Crippen LogP contribution is 2.49. The van der Waals surface area contributed by atoms with Gasteiger partial charge in [0.15, 0.2) is 17.3 Å². The van der Waals surface area contributed by atoms with Crippen LogP contribution in [-0.2, 0) is 4.79 Å². The molecule has 36 heavy (non-hydrogen) atoms. The summed E-state index contributed by atoms with van der Waals surface area (Å²) in [5.74, 6) is 2.54. The molecule has 0 saturated heterocycles. The minimum absolute atomic E-state index is 0.0628. The number of anilines is 2. The summed E-state index contributed by atoms with van der Waals surface area (Å²) in [7, 11) is 6.42. The van der Waals surface area contributed by atoms with Crippen LogP contribution in [0.4, 0.5) is 11.4 Å². The third-order valence-corrected chi connectivity index (χ3v) is 6.94. The maximum absolute atomic E-state index is 13.8. The fourth-order valence-corrected chi connectivity index (χ4v) is 5.19. The normalized spacial score (nSPS) is 18.7. The molecule has 7 nitrogen and oxygen atoms in total. The van der Waals surface area contributed by atoms with Crippen LogP contribution in [0, 0.1) is 0 Å². The van der Waals surface area contributed by atoms with Gasteiger partial charge in [-0.25, -0.2) is 0 Å². The van der Waals surface area contributed by atoms with Crippen molar-refractivity contribution >= 4 is 17.2 Å². The Labute approximate surface area is 211 Å². The fraction of sp³-hybridized carbons (Fsp3) is 0.276. The lowest BCUT2D eigenvalue weighted by Gasteiger charge is -2.31. The van der Waals surface area contributed by atoms with Crippen molar-refractivity contribution in [1.82, 2.24) is 0 Å². The van der Waals surface area contributed by atoms with E-state index in [0.29, 0.717) is 35.7 Å². The van der Waals surface area contributed by atoms with Gasteiger partial charge in [0.25, 0.3) is 0 Å². The molecule has 0 saturated carbocycles. The summed E-state index contributed by atoms with van der Waals surface area (Å²) in [6.07, 6.45) is 1.12. The van der Waals surface area contributed by atoms with Gasteiger partial charge in [-0.2, -0.15) is 0 Å². The Kier molecular flexibility index (Phi) is 6.46. The summed E-state index contributed by atoms with van der Waals surface area (Å²) in [4.78, 5) is 13.8. The number of nitrogens with one attached hydrogen (secondary N) is 2. The molecule has 3 aromatic carbocycles. The molecule has 1 aliphatic heterocycles. The first-order chi connectivity index (χ1) is 17.6. The Bertz CT molecular complexity index is 1320. The summed E-state index contributed by atoms with van der Waals surface area (Å²) >= 11 is 0. The molecule has 1 aliphatic carbocycles. The van der Waals surface area contributed by atoms with E-state index in [4.69, 9.17) is 18.9 Å². The number of allylic oxidation sites excluding steroid dienone is 1. The highest BCUT2D eigenvalue weighted by molar-refractivity contribution is 6.01. The Morgan fingerprint density at radius 2 is 1.47 bits per heavy atom. The number of carbonyl (C=O) groups is 1. The topological polar surface area (TPSA) is 78.1 Å². The van der Waals surface area contributed by atoms with Crippen molar-refractivity contribution in [3.63, 3.8) is 0 Å². The molecule has 0 bridgehead atoms. The van der Waals surface area contributed by atoms with E-state index in [1.807, 2.05) is 60.7 Å². The molecule has 2 aliphatic rings. The monoisotopic (exact) mass is 486 g/mol. The Hall–Kier alpha value is -4.13. The second kappa shape index (κ2) is 9.85. The number of hydrogen-bond donors (Lipinski definition) is 2. The number of benzene rings is 3. The first-order valence-corrected chi connectivity index (χ1v) is 11.9. The number of Topliss-reactive ketones (excluding diaryl/α,β-unsaturated/α-hetero) is 1. The van der Waals surface area contributed by atoms with Crippen molar-refractivity contribution in [2.45, 2.75) is 24.8 Å². The molecule has 0 amide bonds. The van der Waals surface area contributed by atoms with Gasteiger partial charge in [0.05, 0.1) is 45.9 Å². The highest BCUT2D eigenvalue weighted by atomic mass is 16.5. The first-order valence-electron chi connectivity index (χ1n) is 11.9. The van der Waals surface area contributed by atoms with Gasteiger partial charge in [-0.1, -0.05) is 24.3 Å². The van der Waals surface area contributed by atoms with E-state index < -0.39 is 6.04 Å². The van der Waals surface area contributed by atoms with Crippen molar-refractivity contribution in [1.29, 1.82) is 0 Å². The molecule has 2 atom stereocenters. The van der Waals surface area contributed by atoms with Gasteiger partial charge in [0.2, 0.25) is 5.75 Å². The second-order valence-electron chi connectivity index (χ2n) is 8.87. The van der Waals surface area contributed by atoms with Crippen LogP contribution in [0.15, 0.2) is 71.9 Å². The SMILES string of the molecule is COc1ccc([C@H]2CC(=O)C3=C(C2)Nc2ccccc2N[C@H]3c2ccc(OC)c(OC)c2OC)cc1. The zero-order valence-corrected chi connectivity index (χ0v) is 20.9. The molecular formula is C29H30N2O5. The lowest BCUT2D eigenvalue weighted by atomic mass is 9.78. The minimum Gasteiger partial charge on any atom is -0.497 e. The molecule has 2 N–H and O–H groups in total. The van der Waals surface area contributed by atoms with Crippen LogP contribution in [-0.4, -0.2) is 34.2 Å². The van der Waals surface area contributed by atoms with E-state index in [9.17, 15) is 4.79 Å². The quantitative estimate of drug-likeness (QED) is 0.463. The molecule has 0 fully saturated rings. The number of ketones is 1. The lowest BCUT2D eigenvalue weighted by molar-refractivity contribution is -0.116. The number of methoxy groups -OCH3 is 4. The van der Waals surface area contributed by atoms with Crippen LogP contribution >= 0.6 is 0 Å². The summed E-state index contributed by atoms with van der Waals surface area (Å²) < 4.78 is 22.2. The third kappa shape index (κ3) is 4.11. The number of rotatable bonds is 6. The summed E-state index contributed by atoms with van der Waals surface area (Å²) in [6.45, 7) is 0. The zero-order valence-electron chi connectivity index (χ0n) is 20.9. The van der Waals surface area contributed by atoms with Crippen LogP contribution < -0.4 is 29.6 Å². The largest absolute Gasteiger partial charge is 0.497 e. The van der Waals surface area contributed by atoms with Crippen molar-refractivity contribution in [3.8, 4) is 23.0 Å².